The predicted molar refractivity (Wildman–Crippen MR) is 48.4 cm³/mol. The zero-order chi connectivity index (χ0) is 8.55. The van der Waals surface area contributed by atoms with Gasteiger partial charge in [0.2, 0.25) is 5.91 Å². The van der Waals surface area contributed by atoms with E-state index in [1.165, 1.54) is 0 Å². The Balaban J connectivity index is 2.11. The molecule has 12 heavy (non-hydrogen) atoms. The summed E-state index contributed by atoms with van der Waals surface area (Å²) >= 11 is 4.87. The van der Waals surface area contributed by atoms with E-state index in [1.54, 1.807) is 0 Å². The number of carbonyl (C=O) groups excluding carboxylic acids is 1. The summed E-state index contributed by atoms with van der Waals surface area (Å²) in [6.07, 6.45) is 2.06. The van der Waals surface area contributed by atoms with Gasteiger partial charge in [0, 0.05) is 0 Å². The first-order chi connectivity index (χ1) is 5.77. The van der Waals surface area contributed by atoms with Gasteiger partial charge in [-0.2, -0.15) is 0 Å². The maximum absolute atomic E-state index is 11.4. The first kappa shape index (κ1) is 7.94. The third-order valence-electron chi connectivity index (χ3n) is 2.32. The van der Waals surface area contributed by atoms with Gasteiger partial charge in [-0.05, 0) is 31.6 Å². The number of amides is 1. The number of hydrogen-bond donors (Lipinski definition) is 3. The van der Waals surface area contributed by atoms with E-state index < -0.39 is 0 Å². The van der Waals surface area contributed by atoms with Gasteiger partial charge in [-0.25, -0.2) is 0 Å². The third-order valence-corrected chi connectivity index (χ3v) is 2.54. The van der Waals surface area contributed by atoms with Crippen molar-refractivity contribution in [1.82, 2.24) is 16.0 Å². The van der Waals surface area contributed by atoms with Crippen molar-refractivity contribution < 1.29 is 4.79 Å². The van der Waals surface area contributed by atoms with E-state index >= 15 is 0 Å². The SMILES string of the molecule is O=C1NC(=S)NC2NCCCC12. The molecule has 2 unspecified atom stereocenters. The topological polar surface area (TPSA) is 53.2 Å². The van der Waals surface area contributed by atoms with E-state index in [-0.39, 0.29) is 18.0 Å². The lowest BCUT2D eigenvalue weighted by molar-refractivity contribution is -0.126. The number of piperidine rings is 1. The van der Waals surface area contributed by atoms with Gasteiger partial charge in [-0.15, -0.1) is 0 Å². The molecule has 4 nitrogen and oxygen atoms in total. The standard InChI is InChI=1S/C7H11N3OS/c11-6-4-2-1-3-8-5(4)9-7(12)10-6/h4-5,8H,1-3H2,(H2,9,10,11,12). The Hall–Kier alpha value is -0.680. The molecule has 0 bridgehead atoms. The molecule has 0 aliphatic carbocycles. The Morgan fingerprint density at radius 3 is 3.17 bits per heavy atom. The van der Waals surface area contributed by atoms with Crippen LogP contribution in [0.3, 0.4) is 0 Å². The lowest BCUT2D eigenvalue weighted by Crippen LogP contribution is -2.64. The molecule has 0 aromatic carbocycles. The summed E-state index contributed by atoms with van der Waals surface area (Å²) in [5.41, 5.74) is 0. The molecule has 2 heterocycles. The van der Waals surface area contributed by atoms with Crippen molar-refractivity contribution in [2.75, 3.05) is 6.54 Å². The predicted octanol–water partition coefficient (Wildman–Crippen LogP) is -0.684. The zero-order valence-corrected chi connectivity index (χ0v) is 7.41. The van der Waals surface area contributed by atoms with Crippen molar-refractivity contribution in [2.45, 2.75) is 19.0 Å². The molecule has 5 heteroatoms. The summed E-state index contributed by atoms with van der Waals surface area (Å²) < 4.78 is 0. The second-order valence-electron chi connectivity index (χ2n) is 3.14. The molecular formula is C7H11N3OS. The van der Waals surface area contributed by atoms with E-state index in [2.05, 4.69) is 16.0 Å². The van der Waals surface area contributed by atoms with Gasteiger partial charge < -0.3 is 10.6 Å². The number of thiocarbonyl (C=S) groups is 1. The molecular weight excluding hydrogens is 174 g/mol. The summed E-state index contributed by atoms with van der Waals surface area (Å²) in [6.45, 7) is 0.962. The molecule has 2 fully saturated rings. The molecule has 0 aromatic rings. The number of rotatable bonds is 0. The second-order valence-corrected chi connectivity index (χ2v) is 3.55. The highest BCUT2D eigenvalue weighted by molar-refractivity contribution is 7.80. The maximum Gasteiger partial charge on any atom is 0.232 e. The van der Waals surface area contributed by atoms with Crippen molar-refractivity contribution in [3.63, 3.8) is 0 Å². The third kappa shape index (κ3) is 1.30. The van der Waals surface area contributed by atoms with Crippen LogP contribution in [0.15, 0.2) is 0 Å². The molecule has 0 saturated carbocycles. The van der Waals surface area contributed by atoms with Crippen LogP contribution < -0.4 is 16.0 Å². The van der Waals surface area contributed by atoms with Crippen molar-refractivity contribution in [3.8, 4) is 0 Å². The molecule has 2 saturated heterocycles. The maximum atomic E-state index is 11.4. The molecule has 2 aliphatic heterocycles. The summed E-state index contributed by atoms with van der Waals surface area (Å²) in [7, 11) is 0. The van der Waals surface area contributed by atoms with E-state index in [9.17, 15) is 4.79 Å². The molecule has 2 atom stereocenters. The summed E-state index contributed by atoms with van der Waals surface area (Å²) in [6, 6.07) is 0. The van der Waals surface area contributed by atoms with Crippen molar-refractivity contribution >= 4 is 23.2 Å². The fourth-order valence-corrected chi connectivity index (χ4v) is 1.93. The van der Waals surface area contributed by atoms with Gasteiger partial charge in [-0.1, -0.05) is 0 Å². The molecule has 2 aliphatic rings. The van der Waals surface area contributed by atoms with Gasteiger partial charge >= 0.3 is 0 Å². The van der Waals surface area contributed by atoms with Gasteiger partial charge in [-0.3, -0.25) is 10.1 Å². The first-order valence-corrected chi connectivity index (χ1v) is 4.53. The largest absolute Gasteiger partial charge is 0.346 e. The van der Waals surface area contributed by atoms with Crippen LogP contribution in [0.1, 0.15) is 12.8 Å². The van der Waals surface area contributed by atoms with Crippen LogP contribution in [0, 0.1) is 5.92 Å². The van der Waals surface area contributed by atoms with E-state index in [4.69, 9.17) is 12.2 Å². The van der Waals surface area contributed by atoms with Crippen LogP contribution in [0.5, 0.6) is 0 Å². The van der Waals surface area contributed by atoms with Crippen LogP contribution in [0.4, 0.5) is 0 Å². The Bertz CT molecular complexity index is 231. The molecule has 2 rings (SSSR count). The smallest absolute Gasteiger partial charge is 0.232 e. The van der Waals surface area contributed by atoms with Crippen LogP contribution in [0.25, 0.3) is 0 Å². The van der Waals surface area contributed by atoms with Gasteiger partial charge in [0.05, 0.1) is 12.1 Å². The zero-order valence-electron chi connectivity index (χ0n) is 6.59. The number of nitrogens with one attached hydrogen (secondary N) is 3. The Labute approximate surface area is 76.1 Å². The van der Waals surface area contributed by atoms with Crippen LogP contribution in [-0.2, 0) is 4.79 Å². The van der Waals surface area contributed by atoms with Crippen molar-refractivity contribution in [1.29, 1.82) is 0 Å². The quantitative estimate of drug-likeness (QED) is 0.438. The highest BCUT2D eigenvalue weighted by Gasteiger charge is 2.35. The van der Waals surface area contributed by atoms with Crippen molar-refractivity contribution in [3.05, 3.63) is 0 Å². The normalized spacial score (nSPS) is 35.0. The molecule has 66 valence electrons. The fraction of sp³-hybridized carbons (Fsp3) is 0.714. The lowest BCUT2D eigenvalue weighted by Gasteiger charge is -2.36. The highest BCUT2D eigenvalue weighted by atomic mass is 32.1. The monoisotopic (exact) mass is 185 g/mol. The average Bonchev–Trinajstić information content (AvgIpc) is 2.04. The molecule has 3 N–H and O–H groups in total. The second kappa shape index (κ2) is 2.99. The molecule has 1 amide bonds. The lowest BCUT2D eigenvalue weighted by atomic mass is 9.94. The Kier molecular flexibility index (Phi) is 1.98. The Morgan fingerprint density at radius 2 is 2.33 bits per heavy atom. The number of carbonyl (C=O) groups is 1. The molecule has 0 aromatic heterocycles. The van der Waals surface area contributed by atoms with Gasteiger partial charge in [0.25, 0.3) is 0 Å². The van der Waals surface area contributed by atoms with E-state index in [0.717, 1.165) is 19.4 Å². The van der Waals surface area contributed by atoms with Crippen molar-refractivity contribution in [2.24, 2.45) is 5.92 Å². The van der Waals surface area contributed by atoms with Gasteiger partial charge in [0.15, 0.2) is 5.11 Å². The number of hydrogen-bond acceptors (Lipinski definition) is 3. The minimum atomic E-state index is 0.0467. The van der Waals surface area contributed by atoms with Crippen LogP contribution in [0.2, 0.25) is 0 Å². The molecule has 0 spiro atoms. The summed E-state index contributed by atoms with van der Waals surface area (Å²) in [5, 5.41) is 9.32. The Morgan fingerprint density at radius 1 is 1.50 bits per heavy atom. The van der Waals surface area contributed by atoms with E-state index in [1.807, 2.05) is 0 Å². The minimum absolute atomic E-state index is 0.0467. The van der Waals surface area contributed by atoms with Crippen LogP contribution in [-0.4, -0.2) is 23.7 Å². The van der Waals surface area contributed by atoms with E-state index in [0.29, 0.717) is 5.11 Å². The fourth-order valence-electron chi connectivity index (χ4n) is 1.70. The summed E-state index contributed by atoms with van der Waals surface area (Å²) in [5.74, 6) is 0.0985. The van der Waals surface area contributed by atoms with Crippen LogP contribution >= 0.6 is 12.2 Å². The minimum Gasteiger partial charge on any atom is -0.346 e. The first-order valence-electron chi connectivity index (χ1n) is 4.12. The average molecular weight is 185 g/mol. The highest BCUT2D eigenvalue weighted by Crippen LogP contribution is 2.17. The summed E-state index contributed by atoms with van der Waals surface area (Å²) in [4.78, 5) is 11.4. The molecule has 0 radical (unpaired) electrons. The van der Waals surface area contributed by atoms with Gasteiger partial charge in [0.1, 0.15) is 0 Å². The number of fused-ring (bicyclic) bond motifs is 1.